The fourth-order valence-electron chi connectivity index (χ4n) is 5.27. The number of nitrogens with two attached hydrogens (primary N) is 5. The summed E-state index contributed by atoms with van der Waals surface area (Å²) in [6.45, 7) is 1.14. The molecular formula is C34H59N13O13S. The van der Waals surface area contributed by atoms with Crippen molar-refractivity contribution in [3.8, 4) is 0 Å². The second kappa shape index (κ2) is 29.7. The minimum atomic E-state index is -1.61. The molecular weight excluding hydrogens is 831 g/mol. The molecule has 0 aromatic rings. The summed E-state index contributed by atoms with van der Waals surface area (Å²) in [5.74, 6) is -10.8. The van der Waals surface area contributed by atoms with Gasteiger partial charge in [-0.3, -0.25) is 53.1 Å². The van der Waals surface area contributed by atoms with Gasteiger partial charge in [-0.1, -0.05) is 0 Å². The molecule has 0 heterocycles. The van der Waals surface area contributed by atoms with Gasteiger partial charge in [0.2, 0.25) is 41.4 Å². The van der Waals surface area contributed by atoms with Crippen LogP contribution < -0.4 is 60.6 Å². The standard InChI is InChI=1S/C34H59N13O13S/c1-17(48)42-19(8-11-25(50)51)28(55)45-21(9-12-26(52)53)30(57)46-22(13-16-61-2)31(58)44-20(7-10-24(35)49)29(56)43-18(5-3-14-40-33(36)37)27(54)47-23(32(59)60)6-4-15-41-34(38)39/h18-23H,3-16H2,1-2H3,(H2,35,49)(H,42,48)(H,43,56)(H,44,58)(H,45,55)(H,46,57)(H,47,54)(H,50,51)(H,52,53)(H,59,60)(H4,36,37,40)(H4,38,39,41)/t18-,19-,20-,21-,22-,23-/m0/s1. The van der Waals surface area contributed by atoms with E-state index in [0.717, 1.165) is 6.92 Å². The number of thioether (sulfide) groups is 1. The van der Waals surface area contributed by atoms with E-state index in [0.29, 0.717) is 0 Å². The number of carbonyl (C=O) groups excluding carboxylic acids is 7. The highest BCUT2D eigenvalue weighted by atomic mass is 32.2. The zero-order valence-electron chi connectivity index (χ0n) is 34.0. The van der Waals surface area contributed by atoms with Crippen molar-refractivity contribution < 1.29 is 63.3 Å². The summed E-state index contributed by atoms with van der Waals surface area (Å²) in [5, 5.41) is 42.4. The lowest BCUT2D eigenvalue weighted by atomic mass is 10.0. The average Bonchev–Trinajstić information content (AvgIpc) is 3.16. The maximum absolute atomic E-state index is 13.8. The van der Waals surface area contributed by atoms with Gasteiger partial charge in [0, 0.05) is 39.3 Å². The highest BCUT2D eigenvalue weighted by molar-refractivity contribution is 7.98. The lowest BCUT2D eigenvalue weighted by Crippen LogP contribution is -2.59. The molecule has 61 heavy (non-hydrogen) atoms. The molecule has 26 nitrogen and oxygen atoms in total. The topological polar surface area (TPSA) is 458 Å². The normalized spacial score (nSPS) is 13.5. The molecule has 0 bridgehead atoms. The van der Waals surface area contributed by atoms with E-state index in [2.05, 4.69) is 41.9 Å². The quantitative estimate of drug-likeness (QED) is 0.0171. The third kappa shape index (κ3) is 25.6. The summed E-state index contributed by atoms with van der Waals surface area (Å²) < 4.78 is 0. The number of amides is 7. The fourth-order valence-corrected chi connectivity index (χ4v) is 5.74. The van der Waals surface area contributed by atoms with Gasteiger partial charge in [0.05, 0.1) is 0 Å². The molecule has 0 rings (SSSR count). The number of hydrogen-bond acceptors (Lipinski definition) is 13. The Kier molecular flexibility index (Phi) is 26.6. The smallest absolute Gasteiger partial charge is 0.326 e. The zero-order valence-corrected chi connectivity index (χ0v) is 34.8. The van der Waals surface area contributed by atoms with E-state index in [4.69, 9.17) is 33.8 Å². The van der Waals surface area contributed by atoms with Gasteiger partial charge in [0.15, 0.2) is 11.9 Å². The maximum Gasteiger partial charge on any atom is 0.326 e. The fraction of sp³-hybridized carbons (Fsp3) is 0.647. The van der Waals surface area contributed by atoms with Crippen molar-refractivity contribution in [3.05, 3.63) is 0 Å². The molecule has 0 aromatic carbocycles. The van der Waals surface area contributed by atoms with Crippen LogP contribution in [0.2, 0.25) is 0 Å². The molecule has 0 unspecified atom stereocenters. The van der Waals surface area contributed by atoms with E-state index < -0.39 is 128 Å². The van der Waals surface area contributed by atoms with E-state index in [9.17, 15) is 58.2 Å². The van der Waals surface area contributed by atoms with Gasteiger partial charge >= 0.3 is 17.9 Å². The Morgan fingerprint density at radius 2 is 0.820 bits per heavy atom. The first-order chi connectivity index (χ1) is 28.6. The highest BCUT2D eigenvalue weighted by Crippen LogP contribution is 2.10. The van der Waals surface area contributed by atoms with E-state index in [1.807, 2.05) is 0 Å². The molecule has 0 fully saturated rings. The molecule has 7 amide bonds. The van der Waals surface area contributed by atoms with Gasteiger partial charge in [0.1, 0.15) is 36.3 Å². The van der Waals surface area contributed by atoms with E-state index >= 15 is 0 Å². The van der Waals surface area contributed by atoms with Crippen molar-refractivity contribution in [2.24, 2.45) is 38.7 Å². The Morgan fingerprint density at radius 1 is 0.492 bits per heavy atom. The van der Waals surface area contributed by atoms with Gasteiger partial charge in [-0.05, 0) is 63.4 Å². The first kappa shape index (κ1) is 54.6. The Hall–Kier alpha value is -6.41. The van der Waals surface area contributed by atoms with Crippen LogP contribution in [0.25, 0.3) is 0 Å². The van der Waals surface area contributed by atoms with Gasteiger partial charge in [0.25, 0.3) is 0 Å². The summed E-state index contributed by atoms with van der Waals surface area (Å²) >= 11 is 1.27. The highest BCUT2D eigenvalue weighted by Gasteiger charge is 2.33. The van der Waals surface area contributed by atoms with Crippen molar-refractivity contribution in [1.29, 1.82) is 0 Å². The van der Waals surface area contributed by atoms with Crippen LogP contribution in [-0.4, -0.2) is 148 Å². The Labute approximate surface area is 355 Å². The van der Waals surface area contributed by atoms with E-state index in [1.54, 1.807) is 6.26 Å². The monoisotopic (exact) mass is 889 g/mol. The molecule has 0 aliphatic carbocycles. The number of nitrogens with one attached hydrogen (secondary N) is 6. The summed E-state index contributed by atoms with van der Waals surface area (Å²) in [6, 6.07) is -8.92. The average molecular weight is 890 g/mol. The molecule has 0 saturated heterocycles. The van der Waals surface area contributed by atoms with Crippen molar-refractivity contribution in [3.63, 3.8) is 0 Å². The molecule has 344 valence electrons. The predicted molar refractivity (Wildman–Crippen MR) is 220 cm³/mol. The Morgan fingerprint density at radius 3 is 1.15 bits per heavy atom. The molecule has 19 N–H and O–H groups in total. The molecule has 0 aromatic heterocycles. The minimum absolute atomic E-state index is 0.00562. The van der Waals surface area contributed by atoms with Crippen molar-refractivity contribution in [2.45, 2.75) is 114 Å². The third-order valence-corrected chi connectivity index (χ3v) is 8.96. The van der Waals surface area contributed by atoms with Crippen LogP contribution in [-0.2, 0) is 47.9 Å². The van der Waals surface area contributed by atoms with Crippen LogP contribution in [0.3, 0.4) is 0 Å². The van der Waals surface area contributed by atoms with Gasteiger partial charge in [-0.25, -0.2) is 4.79 Å². The second-order valence-corrected chi connectivity index (χ2v) is 14.4. The summed E-state index contributed by atoms with van der Waals surface area (Å²) in [4.78, 5) is 133. The minimum Gasteiger partial charge on any atom is -0.481 e. The number of carboxylic acid groups (broad SMARTS) is 3. The lowest BCUT2D eigenvalue weighted by Gasteiger charge is -2.27. The number of hydrogen-bond donors (Lipinski definition) is 14. The maximum atomic E-state index is 13.8. The molecule has 0 aliphatic heterocycles. The van der Waals surface area contributed by atoms with Crippen molar-refractivity contribution in [1.82, 2.24) is 31.9 Å². The van der Waals surface area contributed by atoms with E-state index in [1.165, 1.54) is 11.8 Å². The number of rotatable bonds is 32. The number of aliphatic imine (C=N–C) groups is 2. The second-order valence-electron chi connectivity index (χ2n) is 13.4. The number of guanidine groups is 2. The van der Waals surface area contributed by atoms with Crippen LogP contribution in [0.4, 0.5) is 0 Å². The van der Waals surface area contributed by atoms with Crippen LogP contribution in [0.1, 0.15) is 77.6 Å². The zero-order chi connectivity index (χ0) is 46.7. The van der Waals surface area contributed by atoms with Crippen molar-refractivity contribution >= 4 is 82.9 Å². The van der Waals surface area contributed by atoms with Gasteiger partial charge in [-0.2, -0.15) is 11.8 Å². The van der Waals surface area contributed by atoms with Crippen LogP contribution in [0, 0.1) is 0 Å². The summed E-state index contributed by atoms with van der Waals surface area (Å²) in [5.41, 5.74) is 26.7. The summed E-state index contributed by atoms with van der Waals surface area (Å²) in [6.07, 6.45) is -1.27. The van der Waals surface area contributed by atoms with Crippen molar-refractivity contribution in [2.75, 3.05) is 25.1 Å². The Balaban J connectivity index is 6.52. The number of carbonyl (C=O) groups is 10. The largest absolute Gasteiger partial charge is 0.481 e. The van der Waals surface area contributed by atoms with Gasteiger partial charge < -0.3 is 75.9 Å². The van der Waals surface area contributed by atoms with Crippen LogP contribution >= 0.6 is 11.8 Å². The molecule has 0 saturated carbocycles. The molecule has 27 heteroatoms. The van der Waals surface area contributed by atoms with E-state index in [-0.39, 0.29) is 69.3 Å². The lowest BCUT2D eigenvalue weighted by molar-refractivity contribution is -0.142. The number of carboxylic acids is 3. The third-order valence-electron chi connectivity index (χ3n) is 8.31. The Bertz CT molecular complexity index is 1610. The predicted octanol–water partition coefficient (Wildman–Crippen LogP) is -5.14. The SMILES string of the molecule is CSCC[C@H](NC(=O)[C@H](CCC(=O)O)NC(=O)[C@H](CCC(=O)O)NC(C)=O)C(=O)N[C@@H](CCC(N)=O)C(=O)N[C@@H](CCCN=C(N)N)C(=O)N[C@@H](CCCN=C(N)N)C(=O)O. The number of aliphatic carboxylic acids is 3. The molecule has 6 atom stereocenters. The number of primary amides is 1. The van der Waals surface area contributed by atoms with Crippen LogP contribution in [0.5, 0.6) is 0 Å². The number of nitrogens with zero attached hydrogens (tertiary/aromatic N) is 2. The molecule has 0 aliphatic rings. The molecule has 0 spiro atoms. The van der Waals surface area contributed by atoms with Gasteiger partial charge in [-0.15, -0.1) is 0 Å². The first-order valence-electron chi connectivity index (χ1n) is 18.9. The summed E-state index contributed by atoms with van der Waals surface area (Å²) in [7, 11) is 0. The molecule has 0 radical (unpaired) electrons. The van der Waals surface area contributed by atoms with Crippen LogP contribution in [0.15, 0.2) is 9.98 Å². The first-order valence-corrected chi connectivity index (χ1v) is 20.3.